The highest BCUT2D eigenvalue weighted by molar-refractivity contribution is 8.03. The van der Waals surface area contributed by atoms with Crippen molar-refractivity contribution in [3.05, 3.63) is 12.1 Å². The Morgan fingerprint density at radius 1 is 1.45 bits per heavy atom. The number of anilines is 2. The fraction of sp³-hybridized carbons (Fsp3) is 0. The van der Waals surface area contributed by atoms with E-state index in [1.165, 1.54) is 0 Å². The van der Waals surface area contributed by atoms with Gasteiger partial charge < -0.3 is 11.5 Å². The van der Waals surface area contributed by atoms with Crippen molar-refractivity contribution < 1.29 is 0 Å². The molecule has 0 saturated heterocycles. The lowest BCUT2D eigenvalue weighted by molar-refractivity contribution is 1.26. The first-order chi connectivity index (χ1) is 5.24. The van der Waals surface area contributed by atoms with Crippen LogP contribution in [0.5, 0.6) is 0 Å². The maximum Gasteiger partial charge on any atom is 0.140 e. The van der Waals surface area contributed by atoms with Gasteiger partial charge in [0.15, 0.2) is 0 Å². The number of nitrogen functional groups attached to an aromatic ring is 2. The van der Waals surface area contributed by atoms with Gasteiger partial charge in [0.25, 0.3) is 0 Å². The Labute approximate surface area is 68.2 Å². The van der Waals surface area contributed by atoms with Gasteiger partial charge in [-0.25, -0.2) is 4.98 Å². The first-order valence-corrected chi connectivity index (χ1v) is 3.63. The first-order valence-electron chi connectivity index (χ1n) is 2.82. The molecule has 4 N–H and O–H groups in total. The summed E-state index contributed by atoms with van der Waals surface area (Å²) in [6, 6.07) is 3.28. The Balaban J connectivity index is 3.01. The Morgan fingerprint density at radius 3 is 2.73 bits per heavy atom. The molecule has 1 aromatic rings. The summed E-state index contributed by atoms with van der Waals surface area (Å²) in [4.78, 5) is 4.42. The van der Waals surface area contributed by atoms with E-state index in [2.05, 4.69) is 4.98 Å². The summed E-state index contributed by atoms with van der Waals surface area (Å²) in [5, 5.41) is 10.2. The topological polar surface area (TPSA) is 88.7 Å². The molecule has 0 bridgehead atoms. The van der Waals surface area contributed by atoms with E-state index in [0.717, 1.165) is 11.8 Å². The van der Waals surface area contributed by atoms with Gasteiger partial charge >= 0.3 is 0 Å². The zero-order valence-corrected chi connectivity index (χ0v) is 6.43. The molecule has 11 heavy (non-hydrogen) atoms. The van der Waals surface area contributed by atoms with Crippen LogP contribution < -0.4 is 11.5 Å². The van der Waals surface area contributed by atoms with E-state index in [4.69, 9.17) is 16.7 Å². The number of thiocyanates is 1. The van der Waals surface area contributed by atoms with Gasteiger partial charge in [0.2, 0.25) is 0 Å². The Morgan fingerprint density at radius 2 is 2.18 bits per heavy atom. The van der Waals surface area contributed by atoms with Crippen LogP contribution in [0, 0.1) is 10.7 Å². The quantitative estimate of drug-likeness (QED) is 0.476. The lowest BCUT2D eigenvalue weighted by Crippen LogP contribution is -1.96. The second-order valence-electron chi connectivity index (χ2n) is 1.81. The van der Waals surface area contributed by atoms with Gasteiger partial charge in [-0.2, -0.15) is 5.26 Å². The highest BCUT2D eigenvalue weighted by atomic mass is 32.2. The molecule has 0 aromatic carbocycles. The minimum Gasteiger partial charge on any atom is -0.384 e. The van der Waals surface area contributed by atoms with Gasteiger partial charge in [-0.15, -0.1) is 0 Å². The standard InChI is InChI=1S/C6H6N4S/c7-3-11-4-1-2-5(8)10-6(4)9/h1-2H,(H4,8,9,10). The molecule has 0 amide bonds. The largest absolute Gasteiger partial charge is 0.384 e. The summed E-state index contributed by atoms with van der Waals surface area (Å²) >= 11 is 0.973. The SMILES string of the molecule is N#CSc1ccc(N)nc1N. The number of aromatic nitrogens is 1. The van der Waals surface area contributed by atoms with Crippen molar-refractivity contribution in [2.24, 2.45) is 0 Å². The normalized spacial score (nSPS) is 9.00. The second kappa shape index (κ2) is 3.12. The Bertz CT molecular complexity index is 304. The zero-order valence-electron chi connectivity index (χ0n) is 5.61. The molecule has 5 heteroatoms. The minimum atomic E-state index is 0.302. The summed E-state index contributed by atoms with van der Waals surface area (Å²) < 4.78 is 0. The van der Waals surface area contributed by atoms with Gasteiger partial charge in [-0.05, 0) is 23.9 Å². The van der Waals surface area contributed by atoms with Crippen molar-refractivity contribution in [3.63, 3.8) is 0 Å². The van der Waals surface area contributed by atoms with E-state index in [0.29, 0.717) is 16.5 Å². The van der Waals surface area contributed by atoms with Crippen molar-refractivity contribution in [2.75, 3.05) is 11.5 Å². The number of pyridine rings is 1. The van der Waals surface area contributed by atoms with Crippen LogP contribution in [0.15, 0.2) is 17.0 Å². The van der Waals surface area contributed by atoms with E-state index in [1.54, 1.807) is 12.1 Å². The van der Waals surface area contributed by atoms with Crippen molar-refractivity contribution in [1.29, 1.82) is 5.26 Å². The average molecular weight is 166 g/mol. The van der Waals surface area contributed by atoms with Crippen molar-refractivity contribution in [3.8, 4) is 5.40 Å². The number of nitriles is 1. The summed E-state index contributed by atoms with van der Waals surface area (Å²) in [5.74, 6) is 0.668. The third kappa shape index (κ3) is 1.75. The molecule has 0 unspecified atom stereocenters. The molecule has 56 valence electrons. The fourth-order valence-corrected chi connectivity index (χ4v) is 0.998. The molecule has 1 aromatic heterocycles. The van der Waals surface area contributed by atoms with Crippen LogP contribution in [-0.4, -0.2) is 4.98 Å². The molecule has 1 heterocycles. The molecule has 0 aliphatic heterocycles. The zero-order chi connectivity index (χ0) is 8.27. The van der Waals surface area contributed by atoms with Crippen LogP contribution in [-0.2, 0) is 0 Å². The molecular formula is C6H6N4S. The lowest BCUT2D eigenvalue weighted by Gasteiger charge is -1.98. The fourth-order valence-electron chi connectivity index (χ4n) is 0.613. The van der Waals surface area contributed by atoms with Crippen LogP contribution in [0.3, 0.4) is 0 Å². The number of thioether (sulfide) groups is 1. The van der Waals surface area contributed by atoms with Crippen LogP contribution >= 0.6 is 11.8 Å². The van der Waals surface area contributed by atoms with E-state index < -0.39 is 0 Å². The van der Waals surface area contributed by atoms with Crippen molar-refractivity contribution >= 4 is 23.4 Å². The maximum atomic E-state index is 8.31. The monoisotopic (exact) mass is 166 g/mol. The van der Waals surface area contributed by atoms with Gasteiger partial charge in [0, 0.05) is 0 Å². The Kier molecular flexibility index (Phi) is 2.18. The molecular weight excluding hydrogens is 160 g/mol. The van der Waals surface area contributed by atoms with Crippen LogP contribution in [0.25, 0.3) is 0 Å². The number of nitrogens with two attached hydrogens (primary N) is 2. The van der Waals surface area contributed by atoms with Gasteiger partial charge in [-0.1, -0.05) is 0 Å². The van der Waals surface area contributed by atoms with Crippen LogP contribution in [0.4, 0.5) is 11.6 Å². The van der Waals surface area contributed by atoms with Crippen LogP contribution in [0.2, 0.25) is 0 Å². The summed E-state index contributed by atoms with van der Waals surface area (Å²) in [7, 11) is 0. The lowest BCUT2D eigenvalue weighted by atomic mass is 10.4. The average Bonchev–Trinajstić information content (AvgIpc) is 1.95. The molecule has 0 aliphatic rings. The minimum absolute atomic E-state index is 0.302. The van der Waals surface area contributed by atoms with Crippen molar-refractivity contribution in [1.82, 2.24) is 4.98 Å². The third-order valence-electron chi connectivity index (χ3n) is 1.06. The molecule has 0 fully saturated rings. The van der Waals surface area contributed by atoms with E-state index in [9.17, 15) is 0 Å². The van der Waals surface area contributed by atoms with Gasteiger partial charge in [0.1, 0.15) is 17.0 Å². The first kappa shape index (κ1) is 7.69. The Hall–Kier alpha value is -1.41. The summed E-state index contributed by atoms with van der Waals surface area (Å²) in [6.07, 6.45) is 0. The molecule has 0 aliphatic carbocycles. The van der Waals surface area contributed by atoms with Gasteiger partial charge in [-0.3, -0.25) is 0 Å². The maximum absolute atomic E-state index is 8.31. The van der Waals surface area contributed by atoms with Crippen molar-refractivity contribution in [2.45, 2.75) is 4.90 Å². The predicted octanol–water partition coefficient (Wildman–Crippen LogP) is 0.819. The van der Waals surface area contributed by atoms with Gasteiger partial charge in [0.05, 0.1) is 4.90 Å². The number of hydrogen-bond acceptors (Lipinski definition) is 5. The molecule has 0 saturated carbocycles. The molecule has 0 atom stereocenters. The summed E-state index contributed by atoms with van der Waals surface area (Å²) in [6.45, 7) is 0. The smallest absolute Gasteiger partial charge is 0.140 e. The highest BCUT2D eigenvalue weighted by Crippen LogP contribution is 2.22. The van der Waals surface area contributed by atoms with E-state index >= 15 is 0 Å². The molecule has 0 radical (unpaired) electrons. The van der Waals surface area contributed by atoms with E-state index in [-0.39, 0.29) is 0 Å². The molecule has 1 rings (SSSR count). The summed E-state index contributed by atoms with van der Waals surface area (Å²) in [5.41, 5.74) is 10.8. The molecule has 0 spiro atoms. The number of nitrogens with zero attached hydrogens (tertiary/aromatic N) is 2. The second-order valence-corrected chi connectivity index (χ2v) is 2.64. The van der Waals surface area contributed by atoms with Crippen LogP contribution in [0.1, 0.15) is 0 Å². The third-order valence-corrected chi connectivity index (χ3v) is 1.72. The highest BCUT2D eigenvalue weighted by Gasteiger charge is 1.99. The predicted molar refractivity (Wildman–Crippen MR) is 44.5 cm³/mol. The molecule has 4 nitrogen and oxygen atoms in total. The van der Waals surface area contributed by atoms with E-state index in [1.807, 2.05) is 5.40 Å². The number of hydrogen-bond donors (Lipinski definition) is 2. The number of rotatable bonds is 1.